The van der Waals surface area contributed by atoms with E-state index in [-0.39, 0.29) is 47.0 Å². The molecule has 2 aliphatic rings. The monoisotopic (exact) mass is 403 g/mol. The molecule has 0 aromatic heterocycles. The number of carbonyl (C=O) groups excluding carboxylic acids is 1. The van der Waals surface area contributed by atoms with Gasteiger partial charge in [0.15, 0.2) is 0 Å². The lowest BCUT2D eigenvalue weighted by Crippen LogP contribution is -2.43. The highest BCUT2D eigenvalue weighted by molar-refractivity contribution is 6.30. The van der Waals surface area contributed by atoms with E-state index in [1.54, 1.807) is 6.07 Å². The number of halogens is 3. The van der Waals surface area contributed by atoms with Crippen LogP contribution in [0.25, 0.3) is 0 Å². The molecule has 0 radical (unpaired) electrons. The first-order chi connectivity index (χ1) is 12.0. The van der Waals surface area contributed by atoms with E-state index in [0.29, 0.717) is 12.6 Å². The number of rotatable bonds is 4. The van der Waals surface area contributed by atoms with Crippen molar-refractivity contribution in [3.8, 4) is 0 Å². The van der Waals surface area contributed by atoms with Crippen LogP contribution >= 0.6 is 24.0 Å². The van der Waals surface area contributed by atoms with E-state index in [1.807, 2.05) is 13.1 Å². The molecule has 1 aromatic carbocycles. The quantitative estimate of drug-likeness (QED) is 0.809. The Bertz CT molecular complexity index is 631. The number of carbonyl (C=O) groups is 1. The number of hydrogen-bond acceptors (Lipinski definition) is 3. The van der Waals surface area contributed by atoms with Crippen molar-refractivity contribution in [1.29, 1.82) is 0 Å². The van der Waals surface area contributed by atoms with Crippen LogP contribution in [-0.4, -0.2) is 43.5 Å². The molecule has 2 unspecified atom stereocenters. The Morgan fingerprint density at radius 2 is 2.19 bits per heavy atom. The highest BCUT2D eigenvalue weighted by Gasteiger charge is 2.34. The number of benzene rings is 1. The van der Waals surface area contributed by atoms with Crippen molar-refractivity contribution in [1.82, 2.24) is 15.5 Å². The average Bonchev–Trinajstić information content (AvgIpc) is 2.96. The maximum Gasteiger partial charge on any atom is 0.223 e. The molecule has 1 aromatic rings. The summed E-state index contributed by atoms with van der Waals surface area (Å²) in [5, 5.41) is 6.67. The Morgan fingerprint density at radius 3 is 2.88 bits per heavy atom. The smallest absolute Gasteiger partial charge is 0.223 e. The fourth-order valence-corrected chi connectivity index (χ4v) is 4.33. The van der Waals surface area contributed by atoms with Crippen molar-refractivity contribution in [2.24, 2.45) is 11.8 Å². The van der Waals surface area contributed by atoms with Crippen LogP contribution in [0.5, 0.6) is 0 Å². The van der Waals surface area contributed by atoms with Gasteiger partial charge in [-0.3, -0.25) is 9.69 Å². The van der Waals surface area contributed by atoms with E-state index in [0.717, 1.165) is 37.9 Å². The summed E-state index contributed by atoms with van der Waals surface area (Å²) >= 11 is 5.81. The van der Waals surface area contributed by atoms with Gasteiger partial charge in [0.1, 0.15) is 5.82 Å². The topological polar surface area (TPSA) is 44.4 Å². The van der Waals surface area contributed by atoms with E-state index in [1.165, 1.54) is 6.07 Å². The molecule has 0 bridgehead atoms. The first-order valence-electron chi connectivity index (χ1n) is 9.12. The van der Waals surface area contributed by atoms with Crippen LogP contribution in [0.1, 0.15) is 37.8 Å². The first kappa shape index (κ1) is 21.4. The average molecular weight is 404 g/mol. The normalized spacial score (nSPS) is 29.2. The van der Waals surface area contributed by atoms with Gasteiger partial charge in [-0.2, -0.15) is 0 Å². The second-order valence-electron chi connectivity index (χ2n) is 7.47. The molecule has 2 saturated heterocycles. The first-order valence-corrected chi connectivity index (χ1v) is 9.49. The fraction of sp³-hybridized carbons (Fsp3) is 0.632. The summed E-state index contributed by atoms with van der Waals surface area (Å²) in [5.41, 5.74) is 0.927. The molecule has 7 heteroatoms. The molecule has 146 valence electrons. The van der Waals surface area contributed by atoms with Crippen molar-refractivity contribution >= 4 is 29.9 Å². The SMILES string of the molecule is C[C@H]1C[C@@H](C(=O)NCC2CCN(C)C2c2ccc(Cl)c(F)c2)CCN1.Cl. The van der Waals surface area contributed by atoms with Gasteiger partial charge in [0.25, 0.3) is 0 Å². The maximum atomic E-state index is 13.9. The van der Waals surface area contributed by atoms with Crippen molar-refractivity contribution in [3.05, 3.63) is 34.6 Å². The van der Waals surface area contributed by atoms with E-state index in [9.17, 15) is 9.18 Å². The lowest BCUT2D eigenvalue weighted by Gasteiger charge is -2.29. The minimum atomic E-state index is -0.383. The summed E-state index contributed by atoms with van der Waals surface area (Å²) < 4.78 is 13.9. The maximum absolute atomic E-state index is 13.9. The van der Waals surface area contributed by atoms with E-state index in [4.69, 9.17) is 11.6 Å². The Morgan fingerprint density at radius 1 is 1.42 bits per heavy atom. The van der Waals surface area contributed by atoms with Crippen LogP contribution in [0.3, 0.4) is 0 Å². The Balaban J connectivity index is 0.00000243. The van der Waals surface area contributed by atoms with Gasteiger partial charge in [-0.1, -0.05) is 17.7 Å². The molecular weight excluding hydrogens is 376 g/mol. The molecule has 4 atom stereocenters. The lowest BCUT2D eigenvalue weighted by atomic mass is 9.91. The summed E-state index contributed by atoms with van der Waals surface area (Å²) in [6.07, 6.45) is 2.78. The van der Waals surface area contributed by atoms with Crippen LogP contribution in [-0.2, 0) is 4.79 Å². The molecular formula is C19H28Cl2FN3O. The van der Waals surface area contributed by atoms with Crippen LogP contribution in [0.4, 0.5) is 4.39 Å². The number of piperidine rings is 1. The zero-order valence-electron chi connectivity index (χ0n) is 15.3. The molecule has 2 fully saturated rings. The van der Waals surface area contributed by atoms with Gasteiger partial charge in [-0.05, 0) is 69.9 Å². The molecule has 1 amide bonds. The third kappa shape index (κ3) is 4.89. The molecule has 2 aliphatic heterocycles. The van der Waals surface area contributed by atoms with Gasteiger partial charge in [-0.25, -0.2) is 4.39 Å². The van der Waals surface area contributed by atoms with Gasteiger partial charge in [0, 0.05) is 24.5 Å². The highest BCUT2D eigenvalue weighted by atomic mass is 35.5. The summed E-state index contributed by atoms with van der Waals surface area (Å²) in [6, 6.07) is 5.54. The third-order valence-corrected chi connectivity index (χ3v) is 5.90. The largest absolute Gasteiger partial charge is 0.356 e. The molecule has 0 spiro atoms. The zero-order valence-corrected chi connectivity index (χ0v) is 16.9. The van der Waals surface area contributed by atoms with Gasteiger partial charge < -0.3 is 10.6 Å². The summed E-state index contributed by atoms with van der Waals surface area (Å²) in [5.74, 6) is 0.158. The predicted molar refractivity (Wildman–Crippen MR) is 105 cm³/mol. The Labute approximate surface area is 166 Å². The zero-order chi connectivity index (χ0) is 18.0. The molecule has 0 aliphatic carbocycles. The van der Waals surface area contributed by atoms with Crippen molar-refractivity contribution in [3.63, 3.8) is 0 Å². The van der Waals surface area contributed by atoms with Crippen LogP contribution < -0.4 is 10.6 Å². The minimum absolute atomic E-state index is 0. The number of nitrogens with zero attached hydrogens (tertiary/aromatic N) is 1. The fourth-order valence-electron chi connectivity index (χ4n) is 4.21. The van der Waals surface area contributed by atoms with Crippen LogP contribution in [0.15, 0.2) is 18.2 Å². The highest BCUT2D eigenvalue weighted by Crippen LogP contribution is 2.36. The van der Waals surface area contributed by atoms with Gasteiger partial charge >= 0.3 is 0 Å². The second kappa shape index (κ2) is 9.36. The summed E-state index contributed by atoms with van der Waals surface area (Å²) in [4.78, 5) is 14.7. The molecule has 4 nitrogen and oxygen atoms in total. The third-order valence-electron chi connectivity index (χ3n) is 5.59. The standard InChI is InChI=1S/C19H27ClFN3O.ClH/c1-12-9-14(5-7-22-12)19(25)23-11-15-6-8-24(2)18(15)13-3-4-16(20)17(21)10-13;/h3-4,10,12,14-15,18,22H,5-9,11H2,1-2H3,(H,23,25);1H/t12-,14-,15?,18?;/m0./s1. The molecule has 2 N–H and O–H groups in total. The number of nitrogens with one attached hydrogen (secondary N) is 2. The van der Waals surface area contributed by atoms with Crippen molar-refractivity contribution in [2.45, 2.75) is 38.3 Å². The molecule has 0 saturated carbocycles. The molecule has 3 rings (SSSR count). The summed E-state index contributed by atoms with van der Waals surface area (Å²) in [6.45, 7) is 4.60. The van der Waals surface area contributed by atoms with Gasteiger partial charge in [0.05, 0.1) is 5.02 Å². The van der Waals surface area contributed by atoms with Crippen molar-refractivity contribution in [2.75, 3.05) is 26.7 Å². The Kier molecular flexibility index (Phi) is 7.71. The lowest BCUT2D eigenvalue weighted by molar-refractivity contribution is -0.126. The predicted octanol–water partition coefficient (Wildman–Crippen LogP) is 3.40. The van der Waals surface area contributed by atoms with E-state index in [2.05, 4.69) is 22.5 Å². The number of hydrogen-bond donors (Lipinski definition) is 2. The van der Waals surface area contributed by atoms with Gasteiger partial charge in [-0.15, -0.1) is 12.4 Å². The molecule has 26 heavy (non-hydrogen) atoms. The minimum Gasteiger partial charge on any atom is -0.356 e. The summed E-state index contributed by atoms with van der Waals surface area (Å²) in [7, 11) is 2.05. The molecule has 2 heterocycles. The van der Waals surface area contributed by atoms with Crippen LogP contribution in [0.2, 0.25) is 5.02 Å². The Hall–Kier alpha value is -0.880. The number of amides is 1. The number of likely N-dealkylation sites (tertiary alicyclic amines) is 1. The van der Waals surface area contributed by atoms with Crippen LogP contribution in [0, 0.1) is 17.7 Å². The van der Waals surface area contributed by atoms with E-state index < -0.39 is 0 Å². The second-order valence-corrected chi connectivity index (χ2v) is 7.88. The van der Waals surface area contributed by atoms with Gasteiger partial charge in [0.2, 0.25) is 5.91 Å². The van der Waals surface area contributed by atoms with Crippen molar-refractivity contribution < 1.29 is 9.18 Å². The van der Waals surface area contributed by atoms with E-state index >= 15 is 0 Å².